The van der Waals surface area contributed by atoms with Crippen LogP contribution in [0.25, 0.3) is 10.9 Å². The van der Waals surface area contributed by atoms with Crippen LogP contribution < -0.4 is 25.7 Å². The summed E-state index contributed by atoms with van der Waals surface area (Å²) in [6, 6.07) is 7.82. The van der Waals surface area contributed by atoms with E-state index in [-0.39, 0.29) is 24.9 Å². The van der Waals surface area contributed by atoms with Crippen molar-refractivity contribution < 1.29 is 19.1 Å². The number of amides is 2. The van der Waals surface area contributed by atoms with Crippen LogP contribution in [0.3, 0.4) is 0 Å². The molecule has 0 fully saturated rings. The van der Waals surface area contributed by atoms with E-state index < -0.39 is 17.5 Å². The van der Waals surface area contributed by atoms with Crippen molar-refractivity contribution in [2.24, 2.45) is 5.92 Å². The van der Waals surface area contributed by atoms with Gasteiger partial charge in [0.05, 0.1) is 43.7 Å². The van der Waals surface area contributed by atoms with Crippen molar-refractivity contribution in [2.45, 2.75) is 39.4 Å². The molecule has 2 heterocycles. The van der Waals surface area contributed by atoms with E-state index in [1.165, 1.54) is 31.2 Å². The van der Waals surface area contributed by atoms with Crippen molar-refractivity contribution in [3.63, 3.8) is 0 Å². The molecule has 34 heavy (non-hydrogen) atoms. The monoisotopic (exact) mass is 467 g/mol. The average Bonchev–Trinajstić information content (AvgIpc) is 2.87. The van der Waals surface area contributed by atoms with Crippen LogP contribution in [0.1, 0.15) is 26.0 Å². The van der Waals surface area contributed by atoms with Crippen molar-refractivity contribution in [1.29, 1.82) is 0 Å². The quantitative estimate of drug-likeness (QED) is 0.465. The van der Waals surface area contributed by atoms with E-state index in [1.807, 2.05) is 19.9 Å². The third-order valence-electron chi connectivity index (χ3n) is 5.63. The minimum atomic E-state index is -0.755. The van der Waals surface area contributed by atoms with Gasteiger partial charge in [-0.25, -0.2) is 4.98 Å². The Morgan fingerprint density at radius 1 is 1.12 bits per heavy atom. The zero-order chi connectivity index (χ0) is 24.7. The number of hydrogen-bond acceptors (Lipinski definition) is 7. The van der Waals surface area contributed by atoms with Gasteiger partial charge in [-0.15, -0.1) is 0 Å². The lowest BCUT2D eigenvalue weighted by Crippen LogP contribution is -2.51. The molecule has 2 unspecified atom stereocenters. The minimum Gasteiger partial charge on any atom is -0.493 e. The lowest BCUT2D eigenvalue weighted by Gasteiger charge is -2.23. The largest absolute Gasteiger partial charge is 0.493 e. The van der Waals surface area contributed by atoms with Crippen LogP contribution in [0.15, 0.2) is 47.7 Å². The van der Waals surface area contributed by atoms with Crippen molar-refractivity contribution in [1.82, 2.24) is 25.2 Å². The lowest BCUT2D eigenvalue weighted by atomic mass is 9.98. The molecule has 0 saturated carbocycles. The summed E-state index contributed by atoms with van der Waals surface area (Å²) in [5.74, 6) is -0.0601. The number of carbonyl (C=O) groups is 2. The molecule has 0 bridgehead atoms. The predicted molar refractivity (Wildman–Crippen MR) is 127 cm³/mol. The number of rotatable bonds is 10. The molecule has 2 aromatic heterocycles. The number of aromatic nitrogens is 3. The van der Waals surface area contributed by atoms with Gasteiger partial charge >= 0.3 is 0 Å². The van der Waals surface area contributed by atoms with E-state index in [2.05, 4.69) is 20.6 Å². The first-order valence-electron chi connectivity index (χ1n) is 11.0. The van der Waals surface area contributed by atoms with Gasteiger partial charge in [0.25, 0.3) is 5.56 Å². The molecule has 0 saturated heterocycles. The number of methoxy groups -OCH3 is 2. The first-order valence-corrected chi connectivity index (χ1v) is 11.0. The maximum atomic E-state index is 13.0. The summed E-state index contributed by atoms with van der Waals surface area (Å²) in [6.07, 6.45) is 3.63. The molecule has 0 aliphatic carbocycles. The Labute approximate surface area is 197 Å². The molecule has 0 spiro atoms. The molecule has 3 aromatic rings. The molecular formula is C24H29N5O5. The summed E-state index contributed by atoms with van der Waals surface area (Å²) in [7, 11) is 2.97. The van der Waals surface area contributed by atoms with Crippen molar-refractivity contribution in [2.75, 3.05) is 14.2 Å². The predicted octanol–water partition coefficient (Wildman–Crippen LogP) is 1.66. The topological polar surface area (TPSA) is 124 Å². The zero-order valence-electron chi connectivity index (χ0n) is 19.7. The van der Waals surface area contributed by atoms with Crippen LogP contribution in [-0.4, -0.2) is 46.6 Å². The molecule has 2 atom stereocenters. The van der Waals surface area contributed by atoms with E-state index in [0.29, 0.717) is 34.5 Å². The highest BCUT2D eigenvalue weighted by atomic mass is 16.5. The number of nitrogens with zero attached hydrogens (tertiary/aromatic N) is 3. The standard InChI is InChI=1S/C24H29N5O5/c1-5-15(2)22(23(31)26-12-16-8-6-7-9-25-16)28-21(30)13-29-14-27-18-11-20(34-4)19(33-3)10-17(18)24(29)32/h6-11,14-15,22H,5,12-13H2,1-4H3,(H,26,31)(H,28,30). The summed E-state index contributed by atoms with van der Waals surface area (Å²) in [6.45, 7) is 3.79. The van der Waals surface area contributed by atoms with Gasteiger partial charge in [-0.1, -0.05) is 26.3 Å². The Morgan fingerprint density at radius 3 is 2.50 bits per heavy atom. The Balaban J connectivity index is 1.75. The Hall–Kier alpha value is -3.95. The average molecular weight is 468 g/mol. The number of ether oxygens (including phenoxy) is 2. The van der Waals surface area contributed by atoms with Crippen LogP contribution in [0.2, 0.25) is 0 Å². The fourth-order valence-electron chi connectivity index (χ4n) is 3.46. The van der Waals surface area contributed by atoms with Crippen molar-refractivity contribution in [3.05, 3.63) is 58.9 Å². The first kappa shape index (κ1) is 24.7. The molecule has 180 valence electrons. The normalized spacial score (nSPS) is 12.6. The van der Waals surface area contributed by atoms with E-state index in [1.54, 1.807) is 24.4 Å². The molecule has 2 N–H and O–H groups in total. The third-order valence-corrected chi connectivity index (χ3v) is 5.63. The molecule has 2 amide bonds. The van der Waals surface area contributed by atoms with Gasteiger partial charge in [0, 0.05) is 12.3 Å². The SMILES string of the molecule is CCC(C)C(NC(=O)Cn1cnc2cc(OC)c(OC)cc2c1=O)C(=O)NCc1ccccn1. The molecule has 0 radical (unpaired) electrons. The van der Waals surface area contributed by atoms with Gasteiger partial charge in [-0.05, 0) is 24.1 Å². The van der Waals surface area contributed by atoms with E-state index >= 15 is 0 Å². The number of nitrogens with one attached hydrogen (secondary N) is 2. The van der Waals surface area contributed by atoms with Gasteiger partial charge in [0.15, 0.2) is 11.5 Å². The van der Waals surface area contributed by atoms with Crippen LogP contribution in [0.5, 0.6) is 11.5 Å². The van der Waals surface area contributed by atoms with E-state index in [9.17, 15) is 14.4 Å². The van der Waals surface area contributed by atoms with Crippen LogP contribution in [-0.2, 0) is 22.7 Å². The van der Waals surface area contributed by atoms with Gasteiger partial charge in [0.2, 0.25) is 11.8 Å². The summed E-state index contributed by atoms with van der Waals surface area (Å²) in [4.78, 5) is 47.0. The summed E-state index contributed by atoms with van der Waals surface area (Å²) < 4.78 is 11.7. The van der Waals surface area contributed by atoms with Gasteiger partial charge in [-0.2, -0.15) is 0 Å². The second-order valence-electron chi connectivity index (χ2n) is 7.87. The highest BCUT2D eigenvalue weighted by Gasteiger charge is 2.26. The Kier molecular flexibility index (Phi) is 8.18. The van der Waals surface area contributed by atoms with Crippen molar-refractivity contribution >= 4 is 22.7 Å². The highest BCUT2D eigenvalue weighted by Crippen LogP contribution is 2.29. The first-order chi connectivity index (χ1) is 16.4. The van der Waals surface area contributed by atoms with Gasteiger partial charge in [0.1, 0.15) is 12.6 Å². The van der Waals surface area contributed by atoms with Gasteiger partial charge < -0.3 is 20.1 Å². The number of hydrogen-bond donors (Lipinski definition) is 2. The fraction of sp³-hybridized carbons (Fsp3) is 0.375. The molecular weight excluding hydrogens is 438 g/mol. The molecule has 10 nitrogen and oxygen atoms in total. The molecule has 10 heteroatoms. The summed E-state index contributed by atoms with van der Waals surface area (Å²) >= 11 is 0. The van der Waals surface area contributed by atoms with Gasteiger partial charge in [-0.3, -0.25) is 23.9 Å². The van der Waals surface area contributed by atoms with Crippen molar-refractivity contribution in [3.8, 4) is 11.5 Å². The smallest absolute Gasteiger partial charge is 0.261 e. The highest BCUT2D eigenvalue weighted by molar-refractivity contribution is 5.88. The van der Waals surface area contributed by atoms with Crippen LogP contribution in [0.4, 0.5) is 0 Å². The number of fused-ring (bicyclic) bond motifs is 1. The maximum absolute atomic E-state index is 13.0. The number of carbonyl (C=O) groups excluding carboxylic acids is 2. The van der Waals surface area contributed by atoms with Crippen LogP contribution in [0, 0.1) is 5.92 Å². The maximum Gasteiger partial charge on any atom is 0.261 e. The number of pyridine rings is 1. The van der Waals surface area contributed by atoms with E-state index in [4.69, 9.17) is 9.47 Å². The molecule has 3 rings (SSSR count). The number of benzene rings is 1. The summed E-state index contributed by atoms with van der Waals surface area (Å²) in [5, 5.41) is 5.88. The van der Waals surface area contributed by atoms with E-state index in [0.717, 1.165) is 0 Å². The summed E-state index contributed by atoms with van der Waals surface area (Å²) in [5.41, 5.74) is 0.734. The Morgan fingerprint density at radius 2 is 1.85 bits per heavy atom. The third kappa shape index (κ3) is 5.69. The molecule has 0 aliphatic rings. The Bertz CT molecular complexity index is 1210. The van der Waals surface area contributed by atoms with Crippen LogP contribution >= 0.6 is 0 Å². The lowest BCUT2D eigenvalue weighted by molar-refractivity contribution is -0.130. The fourth-order valence-corrected chi connectivity index (χ4v) is 3.46. The second-order valence-corrected chi connectivity index (χ2v) is 7.87. The second kappa shape index (κ2) is 11.3. The zero-order valence-corrected chi connectivity index (χ0v) is 19.7. The molecule has 1 aromatic carbocycles. The minimum absolute atomic E-state index is 0.115. The molecule has 0 aliphatic heterocycles.